The Bertz CT molecular complexity index is 307. The highest BCUT2D eigenvalue weighted by molar-refractivity contribution is 5.06. The van der Waals surface area contributed by atoms with Gasteiger partial charge in [-0.1, -0.05) is 13.8 Å². The summed E-state index contributed by atoms with van der Waals surface area (Å²) in [5.74, 6) is 0. The summed E-state index contributed by atoms with van der Waals surface area (Å²) in [7, 11) is 0. The maximum atomic E-state index is 9.76. The van der Waals surface area contributed by atoms with Crippen molar-refractivity contribution in [3.63, 3.8) is 0 Å². The third-order valence-corrected chi connectivity index (χ3v) is 2.25. The van der Waals surface area contributed by atoms with Gasteiger partial charge in [0.05, 0.1) is 18.3 Å². The van der Waals surface area contributed by atoms with Gasteiger partial charge in [-0.3, -0.25) is 4.68 Å². The second-order valence-corrected chi connectivity index (χ2v) is 4.33. The molecule has 1 atom stereocenters. The molecule has 1 unspecified atom stereocenters. The standard InChI is InChI=1S/C11H21N3O/c1-8(2)12-6-11(15)7-14-10(4)5-9(3)13-14/h5,8,11-12,15H,6-7H2,1-4H3. The molecule has 86 valence electrons. The molecule has 4 heteroatoms. The minimum atomic E-state index is -0.384. The van der Waals surface area contributed by atoms with E-state index in [1.54, 1.807) is 0 Å². The zero-order chi connectivity index (χ0) is 11.4. The van der Waals surface area contributed by atoms with Crippen molar-refractivity contribution in [1.29, 1.82) is 0 Å². The quantitative estimate of drug-likeness (QED) is 0.759. The van der Waals surface area contributed by atoms with E-state index < -0.39 is 0 Å². The predicted molar refractivity (Wildman–Crippen MR) is 60.8 cm³/mol. The molecule has 0 saturated heterocycles. The Hall–Kier alpha value is -0.870. The second kappa shape index (κ2) is 5.28. The molecule has 1 aromatic rings. The van der Waals surface area contributed by atoms with Crippen molar-refractivity contribution < 1.29 is 5.11 Å². The molecular formula is C11H21N3O. The third-order valence-electron chi connectivity index (χ3n) is 2.25. The van der Waals surface area contributed by atoms with Gasteiger partial charge in [0.1, 0.15) is 0 Å². The molecule has 0 amide bonds. The van der Waals surface area contributed by atoms with Gasteiger partial charge in [0, 0.05) is 18.3 Å². The Morgan fingerprint density at radius 2 is 2.13 bits per heavy atom. The summed E-state index contributed by atoms with van der Waals surface area (Å²) in [6.07, 6.45) is -0.384. The van der Waals surface area contributed by atoms with Gasteiger partial charge in [-0.05, 0) is 19.9 Å². The smallest absolute Gasteiger partial charge is 0.0860 e. The van der Waals surface area contributed by atoms with E-state index in [9.17, 15) is 5.11 Å². The average Bonchev–Trinajstić information content (AvgIpc) is 2.42. The van der Waals surface area contributed by atoms with E-state index in [1.165, 1.54) is 0 Å². The van der Waals surface area contributed by atoms with Crippen LogP contribution >= 0.6 is 0 Å². The van der Waals surface area contributed by atoms with Crippen LogP contribution in [-0.2, 0) is 6.54 Å². The van der Waals surface area contributed by atoms with Gasteiger partial charge in [0.25, 0.3) is 0 Å². The zero-order valence-corrected chi connectivity index (χ0v) is 9.99. The first kappa shape index (κ1) is 12.2. The molecule has 0 spiro atoms. The molecule has 0 radical (unpaired) electrons. The van der Waals surface area contributed by atoms with Crippen LogP contribution in [0.15, 0.2) is 6.07 Å². The first-order valence-corrected chi connectivity index (χ1v) is 5.41. The summed E-state index contributed by atoms with van der Waals surface area (Å²) in [4.78, 5) is 0. The summed E-state index contributed by atoms with van der Waals surface area (Å²) in [6.45, 7) is 9.26. The zero-order valence-electron chi connectivity index (χ0n) is 9.99. The molecule has 1 aromatic heterocycles. The highest BCUT2D eigenvalue weighted by atomic mass is 16.3. The number of nitrogens with zero attached hydrogens (tertiary/aromatic N) is 2. The predicted octanol–water partition coefficient (Wildman–Crippen LogP) is 0.859. The van der Waals surface area contributed by atoms with Gasteiger partial charge in [-0.15, -0.1) is 0 Å². The van der Waals surface area contributed by atoms with Crippen LogP contribution in [-0.4, -0.2) is 33.6 Å². The fourth-order valence-electron chi connectivity index (χ4n) is 1.50. The van der Waals surface area contributed by atoms with Crippen molar-refractivity contribution >= 4 is 0 Å². The van der Waals surface area contributed by atoms with E-state index in [1.807, 2.05) is 24.6 Å². The van der Waals surface area contributed by atoms with E-state index >= 15 is 0 Å². The fraction of sp³-hybridized carbons (Fsp3) is 0.727. The van der Waals surface area contributed by atoms with Crippen LogP contribution in [0.3, 0.4) is 0 Å². The lowest BCUT2D eigenvalue weighted by molar-refractivity contribution is 0.143. The summed E-state index contributed by atoms with van der Waals surface area (Å²) < 4.78 is 1.85. The van der Waals surface area contributed by atoms with E-state index in [-0.39, 0.29) is 6.10 Å². The lowest BCUT2D eigenvalue weighted by atomic mass is 10.3. The second-order valence-electron chi connectivity index (χ2n) is 4.33. The Kier molecular flexibility index (Phi) is 4.29. The first-order valence-electron chi connectivity index (χ1n) is 5.41. The summed E-state index contributed by atoms with van der Waals surface area (Å²) in [6, 6.07) is 2.42. The van der Waals surface area contributed by atoms with Crippen LogP contribution in [0.25, 0.3) is 0 Å². The fourth-order valence-corrected chi connectivity index (χ4v) is 1.50. The summed E-state index contributed by atoms with van der Waals surface area (Å²) in [5.41, 5.74) is 2.09. The van der Waals surface area contributed by atoms with Gasteiger partial charge in [-0.25, -0.2) is 0 Å². The van der Waals surface area contributed by atoms with Crippen molar-refractivity contribution in [2.24, 2.45) is 0 Å². The maximum Gasteiger partial charge on any atom is 0.0860 e. The first-order chi connectivity index (χ1) is 6.99. The molecule has 0 aliphatic carbocycles. The van der Waals surface area contributed by atoms with Crippen molar-refractivity contribution in [3.8, 4) is 0 Å². The van der Waals surface area contributed by atoms with Gasteiger partial charge in [-0.2, -0.15) is 5.10 Å². The number of aryl methyl sites for hydroxylation is 2. The minimum Gasteiger partial charge on any atom is -0.390 e. The number of aliphatic hydroxyl groups is 1. The van der Waals surface area contributed by atoms with Gasteiger partial charge < -0.3 is 10.4 Å². The minimum absolute atomic E-state index is 0.384. The number of aliphatic hydroxyl groups excluding tert-OH is 1. The van der Waals surface area contributed by atoms with Gasteiger partial charge in [0.2, 0.25) is 0 Å². The molecule has 4 nitrogen and oxygen atoms in total. The topological polar surface area (TPSA) is 50.1 Å². The van der Waals surface area contributed by atoms with E-state index in [4.69, 9.17) is 0 Å². The van der Waals surface area contributed by atoms with Crippen LogP contribution in [0.4, 0.5) is 0 Å². The lowest BCUT2D eigenvalue weighted by Crippen LogP contribution is -2.34. The molecule has 0 bridgehead atoms. The van der Waals surface area contributed by atoms with E-state index in [0.29, 0.717) is 19.1 Å². The summed E-state index contributed by atoms with van der Waals surface area (Å²) in [5, 5.41) is 17.3. The molecule has 15 heavy (non-hydrogen) atoms. The molecule has 0 aliphatic rings. The van der Waals surface area contributed by atoms with Crippen molar-refractivity contribution in [1.82, 2.24) is 15.1 Å². The van der Waals surface area contributed by atoms with Crippen LogP contribution in [0.5, 0.6) is 0 Å². The Morgan fingerprint density at radius 3 is 2.60 bits per heavy atom. The SMILES string of the molecule is Cc1cc(C)n(CC(O)CNC(C)C)n1. The molecule has 0 saturated carbocycles. The molecule has 0 aromatic carbocycles. The van der Waals surface area contributed by atoms with E-state index in [2.05, 4.69) is 24.3 Å². The van der Waals surface area contributed by atoms with Crippen LogP contribution in [0.1, 0.15) is 25.2 Å². The number of rotatable bonds is 5. The number of hydrogen-bond donors (Lipinski definition) is 2. The molecule has 0 aliphatic heterocycles. The molecule has 1 rings (SSSR count). The third kappa shape index (κ3) is 4.01. The highest BCUT2D eigenvalue weighted by Gasteiger charge is 2.08. The maximum absolute atomic E-state index is 9.76. The number of nitrogens with one attached hydrogen (secondary N) is 1. The highest BCUT2D eigenvalue weighted by Crippen LogP contribution is 2.02. The number of hydrogen-bond acceptors (Lipinski definition) is 3. The monoisotopic (exact) mass is 211 g/mol. The molecule has 2 N–H and O–H groups in total. The molecule has 0 fully saturated rings. The Labute approximate surface area is 91.3 Å². The van der Waals surface area contributed by atoms with Gasteiger partial charge in [0.15, 0.2) is 0 Å². The van der Waals surface area contributed by atoms with Crippen LogP contribution in [0.2, 0.25) is 0 Å². The Morgan fingerprint density at radius 1 is 1.47 bits per heavy atom. The molecule has 1 heterocycles. The lowest BCUT2D eigenvalue weighted by Gasteiger charge is -2.14. The van der Waals surface area contributed by atoms with Crippen LogP contribution < -0.4 is 5.32 Å². The number of aromatic nitrogens is 2. The normalized spacial score (nSPS) is 13.5. The largest absolute Gasteiger partial charge is 0.390 e. The Balaban J connectivity index is 2.44. The van der Waals surface area contributed by atoms with Crippen LogP contribution in [0, 0.1) is 13.8 Å². The van der Waals surface area contributed by atoms with Gasteiger partial charge >= 0.3 is 0 Å². The molecular weight excluding hydrogens is 190 g/mol. The summed E-state index contributed by atoms with van der Waals surface area (Å²) >= 11 is 0. The van der Waals surface area contributed by atoms with Crippen molar-refractivity contribution in [2.45, 2.75) is 46.4 Å². The van der Waals surface area contributed by atoms with Crippen molar-refractivity contribution in [2.75, 3.05) is 6.54 Å². The average molecular weight is 211 g/mol. The van der Waals surface area contributed by atoms with Crippen molar-refractivity contribution in [3.05, 3.63) is 17.5 Å². The van der Waals surface area contributed by atoms with E-state index in [0.717, 1.165) is 11.4 Å².